The zero-order valence-corrected chi connectivity index (χ0v) is 13.9. The quantitative estimate of drug-likeness (QED) is 0.659. The Morgan fingerprint density at radius 1 is 1.29 bits per heavy atom. The number of likely N-dealkylation sites (N-methyl/N-ethyl adjacent to an activating group) is 1. The molecule has 136 valence electrons. The molecule has 24 heavy (non-hydrogen) atoms. The highest BCUT2D eigenvalue weighted by Crippen LogP contribution is 2.31. The summed E-state index contributed by atoms with van der Waals surface area (Å²) in [4.78, 5) is 13.6. The summed E-state index contributed by atoms with van der Waals surface area (Å²) in [6, 6.07) is 4.64. The highest BCUT2D eigenvalue weighted by Gasteiger charge is 2.30. The van der Waals surface area contributed by atoms with Crippen LogP contribution in [0.15, 0.2) is 24.3 Å². The second-order valence-corrected chi connectivity index (χ2v) is 5.31. The van der Waals surface area contributed by atoms with E-state index >= 15 is 0 Å². The molecular weight excluding hydrogens is 325 g/mol. The number of carbonyl (C=O) groups excluding carboxylic acids is 1. The van der Waals surface area contributed by atoms with E-state index in [1.54, 1.807) is 7.11 Å². The number of alkyl halides is 3. The van der Waals surface area contributed by atoms with Crippen molar-refractivity contribution in [2.24, 2.45) is 0 Å². The molecule has 0 heterocycles. The average molecular weight is 348 g/mol. The molecule has 1 N–H and O–H groups in total. The van der Waals surface area contributed by atoms with Crippen molar-refractivity contribution in [3.05, 3.63) is 29.8 Å². The monoisotopic (exact) mass is 348 g/mol. The number of halogens is 3. The van der Waals surface area contributed by atoms with E-state index < -0.39 is 11.7 Å². The Balaban J connectivity index is 2.25. The lowest BCUT2D eigenvalue weighted by Crippen LogP contribution is -2.37. The predicted octanol–water partition coefficient (Wildman–Crippen LogP) is 2.17. The van der Waals surface area contributed by atoms with E-state index in [9.17, 15) is 18.0 Å². The molecule has 0 aromatic heterocycles. The maximum absolute atomic E-state index is 12.6. The lowest BCUT2D eigenvalue weighted by Gasteiger charge is -2.16. The van der Waals surface area contributed by atoms with Gasteiger partial charge in [-0.2, -0.15) is 13.2 Å². The molecule has 1 aromatic rings. The lowest BCUT2D eigenvalue weighted by molar-refractivity contribution is -0.137. The SMILES string of the molecule is COCCCN(C)CC(=O)NCCOc1cccc(C(F)(F)F)c1. The van der Waals surface area contributed by atoms with Gasteiger partial charge in [0.05, 0.1) is 18.7 Å². The second-order valence-electron chi connectivity index (χ2n) is 5.31. The molecule has 0 radical (unpaired) electrons. The highest BCUT2D eigenvalue weighted by molar-refractivity contribution is 5.77. The minimum absolute atomic E-state index is 0.0977. The molecule has 0 fully saturated rings. The van der Waals surface area contributed by atoms with Crippen LogP contribution in [0.5, 0.6) is 5.75 Å². The van der Waals surface area contributed by atoms with Crippen LogP contribution in [0.3, 0.4) is 0 Å². The minimum atomic E-state index is -4.40. The van der Waals surface area contributed by atoms with Gasteiger partial charge in [-0.1, -0.05) is 6.07 Å². The first-order chi connectivity index (χ1) is 11.3. The van der Waals surface area contributed by atoms with Gasteiger partial charge in [0, 0.05) is 20.3 Å². The Hall–Kier alpha value is -1.80. The van der Waals surface area contributed by atoms with Gasteiger partial charge >= 0.3 is 6.18 Å². The third-order valence-electron chi connectivity index (χ3n) is 3.16. The fourth-order valence-corrected chi connectivity index (χ4v) is 1.98. The number of hydrogen-bond donors (Lipinski definition) is 1. The molecule has 1 aromatic carbocycles. The van der Waals surface area contributed by atoms with Crippen molar-refractivity contribution >= 4 is 5.91 Å². The normalized spacial score (nSPS) is 11.6. The number of hydrogen-bond acceptors (Lipinski definition) is 4. The number of benzene rings is 1. The van der Waals surface area contributed by atoms with Crippen molar-refractivity contribution in [1.82, 2.24) is 10.2 Å². The first-order valence-corrected chi connectivity index (χ1v) is 7.57. The number of amides is 1. The summed E-state index contributed by atoms with van der Waals surface area (Å²) in [5.41, 5.74) is -0.762. The van der Waals surface area contributed by atoms with Crippen molar-refractivity contribution in [3.63, 3.8) is 0 Å². The van der Waals surface area contributed by atoms with E-state index in [0.29, 0.717) is 6.61 Å². The molecule has 0 unspecified atom stereocenters. The Kier molecular flexibility index (Phi) is 8.56. The molecule has 1 amide bonds. The summed E-state index contributed by atoms with van der Waals surface area (Å²) < 4.78 is 47.9. The van der Waals surface area contributed by atoms with Gasteiger partial charge in [-0.3, -0.25) is 9.69 Å². The number of nitrogens with zero attached hydrogens (tertiary/aromatic N) is 1. The summed E-state index contributed by atoms with van der Waals surface area (Å²) in [6.07, 6.45) is -3.57. The van der Waals surface area contributed by atoms with Crippen molar-refractivity contribution in [1.29, 1.82) is 0 Å². The molecule has 0 bridgehead atoms. The molecule has 0 aliphatic rings. The minimum Gasteiger partial charge on any atom is -0.492 e. The summed E-state index contributed by atoms with van der Waals surface area (Å²) in [5.74, 6) is -0.0432. The molecule has 8 heteroatoms. The standard InChI is InChI=1S/C16H23F3N2O3/c1-21(8-4-9-23-2)12-15(22)20-7-10-24-14-6-3-5-13(11-14)16(17,18)19/h3,5-6,11H,4,7-10,12H2,1-2H3,(H,20,22). The van der Waals surface area contributed by atoms with Gasteiger partial charge in [-0.15, -0.1) is 0 Å². The van der Waals surface area contributed by atoms with E-state index in [2.05, 4.69) is 5.32 Å². The van der Waals surface area contributed by atoms with Gasteiger partial charge in [-0.25, -0.2) is 0 Å². The van der Waals surface area contributed by atoms with Crippen LogP contribution in [-0.2, 0) is 15.7 Å². The third-order valence-corrected chi connectivity index (χ3v) is 3.16. The number of carbonyl (C=O) groups is 1. The highest BCUT2D eigenvalue weighted by atomic mass is 19.4. The zero-order chi connectivity index (χ0) is 18.0. The van der Waals surface area contributed by atoms with E-state index in [1.807, 2.05) is 11.9 Å². The first kappa shape index (κ1) is 20.2. The smallest absolute Gasteiger partial charge is 0.416 e. The van der Waals surface area contributed by atoms with Crippen molar-refractivity contribution in [2.75, 3.05) is 47.0 Å². The fourth-order valence-electron chi connectivity index (χ4n) is 1.98. The van der Waals surface area contributed by atoms with Crippen molar-refractivity contribution in [3.8, 4) is 5.75 Å². The van der Waals surface area contributed by atoms with Gasteiger partial charge in [0.2, 0.25) is 5.91 Å². The molecular formula is C16H23F3N2O3. The molecule has 1 rings (SSSR count). The maximum atomic E-state index is 12.6. The van der Waals surface area contributed by atoms with Crippen LogP contribution in [-0.4, -0.2) is 57.8 Å². The van der Waals surface area contributed by atoms with E-state index in [1.165, 1.54) is 12.1 Å². The molecule has 0 saturated carbocycles. The van der Waals surface area contributed by atoms with Gasteiger partial charge in [0.1, 0.15) is 12.4 Å². The number of rotatable bonds is 10. The van der Waals surface area contributed by atoms with Crippen LogP contribution in [0, 0.1) is 0 Å². The fraction of sp³-hybridized carbons (Fsp3) is 0.562. The van der Waals surface area contributed by atoms with Crippen LogP contribution in [0.25, 0.3) is 0 Å². The van der Waals surface area contributed by atoms with E-state index in [0.717, 1.165) is 25.1 Å². The molecule has 0 atom stereocenters. The Bertz CT molecular complexity index is 510. The van der Waals surface area contributed by atoms with Crippen LogP contribution >= 0.6 is 0 Å². The predicted molar refractivity (Wildman–Crippen MR) is 83.9 cm³/mol. The topological polar surface area (TPSA) is 50.8 Å². The van der Waals surface area contributed by atoms with Gasteiger partial charge in [0.15, 0.2) is 0 Å². The summed E-state index contributed by atoms with van der Waals surface area (Å²) in [6.45, 7) is 1.94. The molecule has 0 saturated heterocycles. The lowest BCUT2D eigenvalue weighted by atomic mass is 10.2. The van der Waals surface area contributed by atoms with E-state index in [4.69, 9.17) is 9.47 Å². The summed E-state index contributed by atoms with van der Waals surface area (Å²) in [7, 11) is 3.45. The summed E-state index contributed by atoms with van der Waals surface area (Å²) >= 11 is 0. The number of methoxy groups -OCH3 is 1. The first-order valence-electron chi connectivity index (χ1n) is 7.57. The molecule has 0 aliphatic carbocycles. The largest absolute Gasteiger partial charge is 0.492 e. The zero-order valence-electron chi connectivity index (χ0n) is 13.9. The maximum Gasteiger partial charge on any atom is 0.416 e. The van der Waals surface area contributed by atoms with Gasteiger partial charge < -0.3 is 14.8 Å². The van der Waals surface area contributed by atoms with Crippen LogP contribution < -0.4 is 10.1 Å². The van der Waals surface area contributed by atoms with Crippen LogP contribution in [0.4, 0.5) is 13.2 Å². The Morgan fingerprint density at radius 3 is 2.71 bits per heavy atom. The number of ether oxygens (including phenoxy) is 2. The van der Waals surface area contributed by atoms with Gasteiger partial charge in [0.25, 0.3) is 0 Å². The van der Waals surface area contributed by atoms with Crippen molar-refractivity contribution in [2.45, 2.75) is 12.6 Å². The Morgan fingerprint density at radius 2 is 2.04 bits per heavy atom. The van der Waals surface area contributed by atoms with Crippen molar-refractivity contribution < 1.29 is 27.4 Å². The average Bonchev–Trinajstić information content (AvgIpc) is 2.51. The number of nitrogens with one attached hydrogen (secondary N) is 1. The molecule has 0 aliphatic heterocycles. The Labute approximate surface area is 139 Å². The van der Waals surface area contributed by atoms with E-state index in [-0.39, 0.29) is 31.4 Å². The second kappa shape index (κ2) is 10.1. The van der Waals surface area contributed by atoms with Crippen LogP contribution in [0.1, 0.15) is 12.0 Å². The summed E-state index contributed by atoms with van der Waals surface area (Å²) in [5, 5.41) is 2.66. The molecule has 5 nitrogen and oxygen atoms in total. The molecule has 0 spiro atoms. The van der Waals surface area contributed by atoms with Crippen LogP contribution in [0.2, 0.25) is 0 Å². The van der Waals surface area contributed by atoms with Gasteiger partial charge in [-0.05, 0) is 31.7 Å². The third kappa shape index (κ3) is 8.16.